The maximum Gasteiger partial charge on any atom is 0.167 e. The van der Waals surface area contributed by atoms with E-state index in [-0.39, 0.29) is 23.0 Å². The maximum atomic E-state index is 15.3. The Bertz CT molecular complexity index is 1320. The molecule has 0 amide bonds. The third-order valence-corrected chi connectivity index (χ3v) is 9.48. The summed E-state index contributed by atoms with van der Waals surface area (Å²) in [5, 5.41) is 0. The van der Waals surface area contributed by atoms with Crippen LogP contribution >= 0.6 is 0 Å². The molecule has 1 atom stereocenters. The first-order chi connectivity index (χ1) is 19.0. The first kappa shape index (κ1) is 26.4. The molecule has 0 radical (unpaired) electrons. The maximum absolute atomic E-state index is 15.3. The molecule has 3 aromatic carbocycles. The van der Waals surface area contributed by atoms with Crippen molar-refractivity contribution in [2.24, 2.45) is 17.8 Å². The summed E-state index contributed by atoms with van der Waals surface area (Å²) < 4.78 is 49.6. The molecule has 1 saturated heterocycles. The van der Waals surface area contributed by atoms with Crippen molar-refractivity contribution in [3.63, 3.8) is 0 Å². The molecular formula is C35H37F3O. The van der Waals surface area contributed by atoms with Crippen molar-refractivity contribution < 1.29 is 17.9 Å². The van der Waals surface area contributed by atoms with Gasteiger partial charge >= 0.3 is 0 Å². The largest absolute Gasteiger partial charge is 0.368 e. The van der Waals surface area contributed by atoms with Crippen molar-refractivity contribution in [1.29, 1.82) is 0 Å². The van der Waals surface area contributed by atoms with Crippen LogP contribution in [0.4, 0.5) is 13.2 Å². The van der Waals surface area contributed by atoms with Crippen LogP contribution in [0.5, 0.6) is 0 Å². The standard InChI is InChI=1S/C35H37F3O/c1-2-3-22-4-6-23(7-5-22)24-8-12-26(13-9-24)29-17-16-28(20-32(29)36)25-10-14-27(15-11-25)30-18-19-31(33-21-39-33)35(38)34(30)37/h2-3,10-11,14-20,22-24,26,33H,4-9,12-13,21H2,1H3/b3-2+. The van der Waals surface area contributed by atoms with Gasteiger partial charge in [-0.05, 0) is 110 Å². The first-order valence-corrected chi connectivity index (χ1v) is 14.6. The number of epoxide rings is 1. The highest BCUT2D eigenvalue weighted by atomic mass is 19.2. The van der Waals surface area contributed by atoms with Gasteiger partial charge in [0.15, 0.2) is 11.6 Å². The summed E-state index contributed by atoms with van der Waals surface area (Å²) >= 11 is 0. The van der Waals surface area contributed by atoms with Crippen molar-refractivity contribution >= 4 is 0 Å². The van der Waals surface area contributed by atoms with E-state index in [1.54, 1.807) is 30.3 Å². The van der Waals surface area contributed by atoms with E-state index in [9.17, 15) is 8.78 Å². The van der Waals surface area contributed by atoms with E-state index < -0.39 is 11.6 Å². The minimum absolute atomic E-state index is 0.141. The highest BCUT2D eigenvalue weighted by molar-refractivity contribution is 5.71. The third-order valence-electron chi connectivity index (χ3n) is 9.48. The number of rotatable bonds is 6. The number of benzene rings is 3. The number of halogens is 3. The van der Waals surface area contributed by atoms with E-state index in [2.05, 4.69) is 19.1 Å². The molecule has 3 aliphatic rings. The Kier molecular flexibility index (Phi) is 7.66. The minimum atomic E-state index is -0.859. The smallest absolute Gasteiger partial charge is 0.167 e. The Morgan fingerprint density at radius 3 is 1.87 bits per heavy atom. The molecule has 1 unspecified atom stereocenters. The fraction of sp³-hybridized carbons (Fsp3) is 0.429. The van der Waals surface area contributed by atoms with Crippen molar-refractivity contribution in [2.75, 3.05) is 6.61 Å². The van der Waals surface area contributed by atoms with Crippen molar-refractivity contribution in [1.82, 2.24) is 0 Å². The number of hydrogen-bond donors (Lipinski definition) is 0. The van der Waals surface area contributed by atoms with Gasteiger partial charge in [0.25, 0.3) is 0 Å². The van der Waals surface area contributed by atoms with Crippen LogP contribution in [0.3, 0.4) is 0 Å². The fourth-order valence-corrected chi connectivity index (χ4v) is 7.13. The molecule has 1 aliphatic heterocycles. The Morgan fingerprint density at radius 2 is 1.26 bits per heavy atom. The van der Waals surface area contributed by atoms with Crippen LogP contribution in [0.25, 0.3) is 22.3 Å². The summed E-state index contributed by atoms with van der Waals surface area (Å²) in [6.45, 7) is 2.55. The molecule has 0 N–H and O–H groups in total. The molecule has 3 aromatic rings. The van der Waals surface area contributed by atoms with Crippen LogP contribution < -0.4 is 0 Å². The van der Waals surface area contributed by atoms with Gasteiger partial charge in [-0.2, -0.15) is 0 Å². The molecular weight excluding hydrogens is 493 g/mol. The van der Waals surface area contributed by atoms with Crippen LogP contribution in [0.2, 0.25) is 0 Å². The van der Waals surface area contributed by atoms with E-state index in [0.717, 1.165) is 47.3 Å². The second-order valence-corrected chi connectivity index (χ2v) is 11.8. The monoisotopic (exact) mass is 530 g/mol. The van der Waals surface area contributed by atoms with Crippen LogP contribution in [-0.2, 0) is 4.74 Å². The van der Waals surface area contributed by atoms with Crippen LogP contribution in [0.15, 0.2) is 66.7 Å². The molecule has 0 aromatic heterocycles. The van der Waals surface area contributed by atoms with E-state index in [1.165, 1.54) is 38.5 Å². The number of ether oxygens (including phenoxy) is 1. The average molecular weight is 531 g/mol. The highest BCUT2D eigenvalue weighted by Gasteiger charge is 2.32. The Morgan fingerprint density at radius 1 is 0.667 bits per heavy atom. The lowest BCUT2D eigenvalue weighted by molar-refractivity contribution is 0.171. The topological polar surface area (TPSA) is 12.5 Å². The van der Waals surface area contributed by atoms with Gasteiger partial charge in [0, 0.05) is 11.1 Å². The van der Waals surface area contributed by atoms with Gasteiger partial charge in [0.2, 0.25) is 0 Å². The van der Waals surface area contributed by atoms with Crippen LogP contribution in [0, 0.1) is 35.2 Å². The van der Waals surface area contributed by atoms with Crippen molar-refractivity contribution in [3.8, 4) is 22.3 Å². The Hall–Kier alpha value is -2.85. The fourth-order valence-electron chi connectivity index (χ4n) is 7.13. The lowest BCUT2D eigenvalue weighted by Crippen LogP contribution is -2.25. The van der Waals surface area contributed by atoms with Gasteiger partial charge in [-0.1, -0.05) is 60.7 Å². The third kappa shape index (κ3) is 5.59. The average Bonchev–Trinajstić information content (AvgIpc) is 3.81. The van der Waals surface area contributed by atoms with Gasteiger partial charge in [-0.25, -0.2) is 13.2 Å². The molecule has 204 valence electrons. The summed E-state index contributed by atoms with van der Waals surface area (Å²) in [4.78, 5) is 0. The zero-order valence-electron chi connectivity index (χ0n) is 22.6. The second kappa shape index (κ2) is 11.3. The molecule has 4 heteroatoms. The quantitative estimate of drug-likeness (QED) is 0.228. The SMILES string of the molecule is C/C=C/C1CCC(C2CCC(c3ccc(-c4ccc(-c5ccc(C6CO6)c(F)c5F)cc4)cc3F)CC2)CC1. The van der Waals surface area contributed by atoms with Gasteiger partial charge in [-0.3, -0.25) is 0 Å². The summed E-state index contributed by atoms with van der Waals surface area (Å²) in [6.07, 6.45) is 14.1. The number of allylic oxidation sites excluding steroid dienone is 2. The van der Waals surface area contributed by atoms with Crippen LogP contribution in [-0.4, -0.2) is 6.61 Å². The molecule has 2 aliphatic carbocycles. The van der Waals surface area contributed by atoms with E-state index in [4.69, 9.17) is 4.74 Å². The number of hydrogen-bond acceptors (Lipinski definition) is 1. The second-order valence-electron chi connectivity index (χ2n) is 11.8. The minimum Gasteiger partial charge on any atom is -0.368 e. The van der Waals surface area contributed by atoms with Gasteiger partial charge in [0.1, 0.15) is 11.9 Å². The highest BCUT2D eigenvalue weighted by Crippen LogP contribution is 2.45. The van der Waals surface area contributed by atoms with Gasteiger partial charge < -0.3 is 4.74 Å². The van der Waals surface area contributed by atoms with Crippen molar-refractivity contribution in [3.05, 3.63) is 95.3 Å². The van der Waals surface area contributed by atoms with E-state index in [0.29, 0.717) is 18.1 Å². The predicted octanol–water partition coefficient (Wildman–Crippen LogP) is 10.2. The summed E-state index contributed by atoms with van der Waals surface area (Å²) in [5.74, 6) is 0.856. The lowest BCUT2D eigenvalue weighted by Gasteiger charge is -2.37. The molecule has 0 spiro atoms. The van der Waals surface area contributed by atoms with E-state index >= 15 is 4.39 Å². The summed E-state index contributed by atoms with van der Waals surface area (Å²) in [5.41, 5.74) is 3.55. The van der Waals surface area contributed by atoms with E-state index in [1.807, 2.05) is 24.3 Å². The molecule has 39 heavy (non-hydrogen) atoms. The van der Waals surface area contributed by atoms with Crippen molar-refractivity contribution in [2.45, 2.75) is 70.3 Å². The normalized spacial score (nSPS) is 27.1. The zero-order valence-corrected chi connectivity index (χ0v) is 22.6. The molecule has 1 heterocycles. The zero-order chi connectivity index (χ0) is 26.9. The Balaban J connectivity index is 1.10. The summed E-state index contributed by atoms with van der Waals surface area (Å²) in [6, 6.07) is 16.0. The molecule has 2 saturated carbocycles. The molecule has 1 nitrogen and oxygen atoms in total. The predicted molar refractivity (Wildman–Crippen MR) is 151 cm³/mol. The molecule has 3 fully saturated rings. The molecule has 0 bridgehead atoms. The van der Waals surface area contributed by atoms with Crippen LogP contribution in [0.1, 0.15) is 81.4 Å². The first-order valence-electron chi connectivity index (χ1n) is 14.6. The Labute approximate surface area is 230 Å². The summed E-state index contributed by atoms with van der Waals surface area (Å²) in [7, 11) is 0. The van der Waals surface area contributed by atoms with Gasteiger partial charge in [0.05, 0.1) is 6.61 Å². The lowest BCUT2D eigenvalue weighted by atomic mass is 9.68. The van der Waals surface area contributed by atoms with Gasteiger partial charge in [-0.15, -0.1) is 0 Å². The molecule has 6 rings (SSSR count).